The maximum Gasteiger partial charge on any atom is 0.241 e. The molecule has 0 bridgehead atoms. The Kier molecular flexibility index (Phi) is 5.60. The molecule has 0 spiro atoms. The third kappa shape index (κ3) is 4.67. The van der Waals surface area contributed by atoms with Crippen molar-refractivity contribution in [1.29, 1.82) is 0 Å². The molecule has 1 amide bonds. The van der Waals surface area contributed by atoms with Crippen molar-refractivity contribution in [1.82, 2.24) is 15.0 Å². The van der Waals surface area contributed by atoms with Gasteiger partial charge in [0.2, 0.25) is 17.6 Å². The van der Waals surface area contributed by atoms with Crippen molar-refractivity contribution >= 4 is 11.6 Å². The third-order valence-corrected chi connectivity index (χ3v) is 3.69. The number of methoxy groups -OCH3 is 1. The van der Waals surface area contributed by atoms with Gasteiger partial charge in [-0.2, -0.15) is 4.98 Å². The van der Waals surface area contributed by atoms with Crippen molar-refractivity contribution in [3.8, 4) is 17.1 Å². The van der Waals surface area contributed by atoms with Crippen LogP contribution in [-0.4, -0.2) is 41.6 Å². The fourth-order valence-electron chi connectivity index (χ4n) is 2.43. The van der Waals surface area contributed by atoms with Gasteiger partial charge in [0.1, 0.15) is 5.75 Å². The van der Waals surface area contributed by atoms with E-state index in [9.17, 15) is 4.79 Å². The molecule has 0 aliphatic heterocycles. The van der Waals surface area contributed by atoms with Gasteiger partial charge in [0.25, 0.3) is 0 Å². The van der Waals surface area contributed by atoms with E-state index in [0.29, 0.717) is 23.9 Å². The topological polar surface area (TPSA) is 80.5 Å². The van der Waals surface area contributed by atoms with Gasteiger partial charge in [-0.3, -0.25) is 9.69 Å². The molecule has 1 N–H and O–H groups in total. The first kappa shape index (κ1) is 17.6. The summed E-state index contributed by atoms with van der Waals surface area (Å²) in [4.78, 5) is 18.3. The van der Waals surface area contributed by atoms with Gasteiger partial charge in [0, 0.05) is 11.3 Å². The summed E-state index contributed by atoms with van der Waals surface area (Å²) in [7, 11) is 3.42. The first-order chi connectivity index (χ1) is 12.6. The fraction of sp³-hybridized carbons (Fsp3) is 0.211. The van der Waals surface area contributed by atoms with Crippen molar-refractivity contribution in [2.45, 2.75) is 6.54 Å². The number of ether oxygens (including phenoxy) is 1. The number of nitrogens with zero attached hydrogens (tertiary/aromatic N) is 3. The van der Waals surface area contributed by atoms with Crippen molar-refractivity contribution in [2.75, 3.05) is 26.0 Å². The number of carbonyl (C=O) groups excluding carboxylic acids is 1. The first-order valence-corrected chi connectivity index (χ1v) is 8.14. The molecule has 3 aromatic rings. The van der Waals surface area contributed by atoms with Crippen LogP contribution < -0.4 is 10.1 Å². The van der Waals surface area contributed by atoms with Gasteiger partial charge in [-0.15, -0.1) is 0 Å². The standard InChI is InChI=1S/C19H20N4O3/c1-23(12-17(24)20-15-8-10-16(25-2)11-9-15)13-18-21-19(22-26-18)14-6-4-3-5-7-14/h3-11H,12-13H2,1-2H3,(H,20,24). The molecule has 0 fully saturated rings. The number of carbonyl (C=O) groups is 1. The van der Waals surface area contributed by atoms with Crippen LogP contribution in [0, 0.1) is 0 Å². The van der Waals surface area contributed by atoms with E-state index in [1.54, 1.807) is 36.3 Å². The molecule has 2 aromatic carbocycles. The highest BCUT2D eigenvalue weighted by molar-refractivity contribution is 5.92. The summed E-state index contributed by atoms with van der Waals surface area (Å²) >= 11 is 0. The minimum Gasteiger partial charge on any atom is -0.497 e. The summed E-state index contributed by atoms with van der Waals surface area (Å²) in [5.74, 6) is 1.62. The minimum absolute atomic E-state index is 0.125. The SMILES string of the molecule is COc1ccc(NC(=O)CN(C)Cc2nc(-c3ccccc3)no2)cc1. The molecule has 0 saturated carbocycles. The third-order valence-electron chi connectivity index (χ3n) is 3.69. The van der Waals surface area contributed by atoms with Gasteiger partial charge in [-0.25, -0.2) is 0 Å². The summed E-state index contributed by atoms with van der Waals surface area (Å²) in [6.45, 7) is 0.588. The normalized spacial score (nSPS) is 10.7. The molecule has 7 nitrogen and oxygen atoms in total. The van der Waals surface area contributed by atoms with E-state index in [-0.39, 0.29) is 12.5 Å². The van der Waals surface area contributed by atoms with Crippen molar-refractivity contribution in [3.05, 3.63) is 60.5 Å². The molecule has 7 heteroatoms. The van der Waals surface area contributed by atoms with Gasteiger partial charge in [0.15, 0.2) is 0 Å². The van der Waals surface area contributed by atoms with E-state index < -0.39 is 0 Å². The van der Waals surface area contributed by atoms with Gasteiger partial charge < -0.3 is 14.6 Å². The van der Waals surface area contributed by atoms with Crippen LogP contribution in [-0.2, 0) is 11.3 Å². The number of hydrogen-bond acceptors (Lipinski definition) is 6. The zero-order valence-electron chi connectivity index (χ0n) is 14.7. The van der Waals surface area contributed by atoms with E-state index in [1.165, 1.54) is 0 Å². The largest absolute Gasteiger partial charge is 0.497 e. The lowest BCUT2D eigenvalue weighted by Crippen LogP contribution is -2.29. The van der Waals surface area contributed by atoms with Crippen molar-refractivity contribution in [2.24, 2.45) is 0 Å². The summed E-state index contributed by atoms with van der Waals surface area (Å²) in [5.41, 5.74) is 1.61. The Labute approximate surface area is 151 Å². The molecule has 1 heterocycles. The second kappa shape index (κ2) is 8.26. The highest BCUT2D eigenvalue weighted by Crippen LogP contribution is 2.16. The number of likely N-dealkylation sites (N-methyl/N-ethyl adjacent to an activating group) is 1. The Balaban J connectivity index is 1.52. The Hall–Kier alpha value is -3.19. The molecule has 0 aliphatic carbocycles. The number of amides is 1. The van der Waals surface area contributed by atoms with Crippen LogP contribution in [0.1, 0.15) is 5.89 Å². The van der Waals surface area contributed by atoms with Crippen LogP contribution in [0.4, 0.5) is 5.69 Å². The Bertz CT molecular complexity index is 847. The highest BCUT2D eigenvalue weighted by atomic mass is 16.5. The summed E-state index contributed by atoms with van der Waals surface area (Å²) in [5, 5.41) is 6.82. The second-order valence-electron chi connectivity index (χ2n) is 5.83. The zero-order chi connectivity index (χ0) is 18.4. The smallest absolute Gasteiger partial charge is 0.241 e. The average Bonchev–Trinajstić information content (AvgIpc) is 3.11. The van der Waals surface area contributed by atoms with Gasteiger partial charge in [-0.1, -0.05) is 35.5 Å². The molecular weight excluding hydrogens is 332 g/mol. The molecule has 0 aliphatic rings. The van der Waals surface area contributed by atoms with Crippen LogP contribution in [0.3, 0.4) is 0 Å². The molecule has 26 heavy (non-hydrogen) atoms. The molecule has 0 unspecified atom stereocenters. The molecular formula is C19H20N4O3. The molecule has 0 saturated heterocycles. The Morgan fingerprint density at radius 2 is 1.88 bits per heavy atom. The Morgan fingerprint density at radius 3 is 2.58 bits per heavy atom. The maximum absolute atomic E-state index is 12.1. The average molecular weight is 352 g/mol. The summed E-state index contributed by atoms with van der Waals surface area (Å²) in [6, 6.07) is 16.8. The lowest BCUT2D eigenvalue weighted by molar-refractivity contribution is -0.117. The van der Waals surface area contributed by atoms with Crippen LogP contribution in [0.5, 0.6) is 5.75 Å². The zero-order valence-corrected chi connectivity index (χ0v) is 14.7. The molecule has 3 rings (SSSR count). The van der Waals surface area contributed by atoms with Crippen molar-refractivity contribution < 1.29 is 14.1 Å². The predicted octanol–water partition coefficient (Wildman–Crippen LogP) is 2.82. The summed E-state index contributed by atoms with van der Waals surface area (Å²) in [6.07, 6.45) is 0. The maximum atomic E-state index is 12.1. The van der Waals surface area contributed by atoms with Crippen molar-refractivity contribution in [3.63, 3.8) is 0 Å². The quantitative estimate of drug-likeness (QED) is 0.704. The molecule has 1 aromatic heterocycles. The number of anilines is 1. The van der Waals surface area contributed by atoms with E-state index in [4.69, 9.17) is 9.26 Å². The van der Waals surface area contributed by atoms with E-state index >= 15 is 0 Å². The molecule has 0 atom stereocenters. The fourth-order valence-corrected chi connectivity index (χ4v) is 2.43. The highest BCUT2D eigenvalue weighted by Gasteiger charge is 2.13. The lowest BCUT2D eigenvalue weighted by Gasteiger charge is -2.14. The van der Waals surface area contributed by atoms with E-state index in [2.05, 4.69) is 15.5 Å². The van der Waals surface area contributed by atoms with Crippen LogP contribution in [0.25, 0.3) is 11.4 Å². The number of hydrogen-bond donors (Lipinski definition) is 1. The van der Waals surface area contributed by atoms with Gasteiger partial charge in [0.05, 0.1) is 20.2 Å². The number of rotatable bonds is 7. The number of nitrogens with one attached hydrogen (secondary N) is 1. The summed E-state index contributed by atoms with van der Waals surface area (Å²) < 4.78 is 10.4. The van der Waals surface area contributed by atoms with Crippen LogP contribution in [0.15, 0.2) is 59.1 Å². The number of aromatic nitrogens is 2. The van der Waals surface area contributed by atoms with Gasteiger partial charge >= 0.3 is 0 Å². The second-order valence-corrected chi connectivity index (χ2v) is 5.83. The minimum atomic E-state index is -0.125. The van der Waals surface area contributed by atoms with Gasteiger partial charge in [-0.05, 0) is 31.3 Å². The molecule has 0 radical (unpaired) electrons. The monoisotopic (exact) mass is 352 g/mol. The lowest BCUT2D eigenvalue weighted by atomic mass is 10.2. The van der Waals surface area contributed by atoms with E-state index in [0.717, 1.165) is 11.3 Å². The predicted molar refractivity (Wildman–Crippen MR) is 97.7 cm³/mol. The molecule has 134 valence electrons. The van der Waals surface area contributed by atoms with Crippen LogP contribution >= 0.6 is 0 Å². The first-order valence-electron chi connectivity index (χ1n) is 8.14. The Morgan fingerprint density at radius 1 is 1.15 bits per heavy atom. The number of benzene rings is 2. The van der Waals surface area contributed by atoms with E-state index in [1.807, 2.05) is 37.4 Å². The van der Waals surface area contributed by atoms with Crippen LogP contribution in [0.2, 0.25) is 0 Å².